The monoisotopic (exact) mass is 338 g/mol. The molecule has 0 bridgehead atoms. The first-order valence-corrected chi connectivity index (χ1v) is 8.87. The molecule has 3 nitrogen and oxygen atoms in total. The zero-order valence-corrected chi connectivity index (χ0v) is 14.2. The van der Waals surface area contributed by atoms with Crippen LogP contribution in [0.3, 0.4) is 0 Å². The molecule has 3 heteroatoms. The third-order valence-electron chi connectivity index (χ3n) is 7.36. The molecule has 0 aromatic carbocycles. The molecule has 132 valence electrons. The van der Waals surface area contributed by atoms with Crippen molar-refractivity contribution in [1.82, 2.24) is 0 Å². The number of hydrogen-bond acceptors (Lipinski definition) is 3. The molecule has 3 saturated carbocycles. The van der Waals surface area contributed by atoms with Crippen LogP contribution in [0.15, 0.2) is 11.6 Å². The van der Waals surface area contributed by atoms with Crippen molar-refractivity contribution in [1.29, 1.82) is 0 Å². The predicted octanol–water partition coefficient (Wildman–Crippen LogP) is 3.70. The van der Waals surface area contributed by atoms with E-state index in [1.54, 1.807) is 13.8 Å². The van der Waals surface area contributed by atoms with E-state index in [1.165, 1.54) is 0 Å². The minimum absolute atomic E-state index is 0.0117. The number of carbonyl (C=O) groups excluding carboxylic acids is 2. The summed E-state index contributed by atoms with van der Waals surface area (Å²) in [6.45, 7) is 0.388. The van der Waals surface area contributed by atoms with Crippen molar-refractivity contribution in [2.24, 2.45) is 34.5 Å². The van der Waals surface area contributed by atoms with E-state index in [9.17, 15) is 14.7 Å². The van der Waals surface area contributed by atoms with Gasteiger partial charge in [0, 0.05) is 19.1 Å². The maximum atomic E-state index is 12.8. The van der Waals surface area contributed by atoms with Crippen molar-refractivity contribution in [3.8, 4) is 0 Å². The van der Waals surface area contributed by atoms with E-state index in [-0.39, 0.29) is 42.6 Å². The fourth-order valence-corrected chi connectivity index (χ4v) is 6.05. The van der Waals surface area contributed by atoms with E-state index in [4.69, 9.17) is 11.0 Å². The largest absolute Gasteiger partial charge is 0.389 e. The van der Waals surface area contributed by atoms with Crippen LogP contribution in [0.2, 0.25) is 0 Å². The topological polar surface area (TPSA) is 54.4 Å². The molecule has 0 aliphatic heterocycles. The number of allylic oxidation sites excluding steroid dienone is 1. The van der Waals surface area contributed by atoms with Gasteiger partial charge >= 0.3 is 0 Å². The lowest BCUT2D eigenvalue weighted by atomic mass is 9.46. The molecule has 0 heterocycles. The smallest absolute Gasteiger partial charge is 0.161 e. The first-order valence-electron chi connectivity index (χ1n) is 12.9. The molecule has 0 aromatic heterocycles. The average molecular weight is 339 g/mol. The summed E-state index contributed by atoms with van der Waals surface area (Å²) in [6.07, 6.45) is -3.14. The number of carbonyl (C=O) groups is 2. The van der Waals surface area contributed by atoms with Gasteiger partial charge in [-0.3, -0.25) is 9.59 Å². The number of Topliss-reactive ketones (excluding diaryl/α,β-unsaturated/α-hetero) is 1. The Bertz CT molecular complexity index is 924. The zero-order chi connectivity index (χ0) is 24.3. The molecule has 0 saturated heterocycles. The molecule has 4 aliphatic carbocycles. The highest BCUT2D eigenvalue weighted by Crippen LogP contribution is 2.66. The summed E-state index contributed by atoms with van der Waals surface area (Å²) in [6, 6.07) is -0.564. The lowest BCUT2D eigenvalue weighted by molar-refractivity contribution is -0.133. The molecular weight excluding hydrogens is 300 g/mol. The second-order valence-electron chi connectivity index (χ2n) is 8.27. The summed E-state index contributed by atoms with van der Waals surface area (Å²) in [5, 5.41) is 9.74. The highest BCUT2D eigenvalue weighted by molar-refractivity contribution is 5.91. The van der Waals surface area contributed by atoms with Gasteiger partial charge in [-0.25, -0.2) is 0 Å². The van der Waals surface area contributed by atoms with Crippen LogP contribution in [-0.2, 0) is 9.59 Å². The van der Waals surface area contributed by atoms with Gasteiger partial charge in [0.15, 0.2) is 11.6 Å². The van der Waals surface area contributed by atoms with Crippen molar-refractivity contribution in [2.75, 3.05) is 6.56 Å². The number of aliphatic hydroxyl groups is 1. The van der Waals surface area contributed by atoms with E-state index in [0.717, 1.165) is 0 Å². The lowest BCUT2D eigenvalue weighted by Crippen LogP contribution is -2.51. The van der Waals surface area contributed by atoms with Gasteiger partial charge in [-0.2, -0.15) is 0 Å². The van der Waals surface area contributed by atoms with Gasteiger partial charge in [0.2, 0.25) is 0 Å². The number of hydrogen-bond donors (Lipinski definition) is 1. The zero-order valence-electron chi connectivity index (χ0n) is 22.2. The minimum Gasteiger partial charge on any atom is -0.389 e. The first-order chi connectivity index (χ1) is 14.3. The standard InChI is InChI=1S/C21H30O3/c1-20-9-7-14(23)11-13(20)3-4-15-16-5-6-18(19(24)12-22)21(16,2)10-8-17(15)20/h11,15-18,22H,3-10,12H2,1-2H3/t15-,16?,17-,18+,20-,21?/m0/s1/i3D2,7D2,11D,12D2,18D. The highest BCUT2D eigenvalue weighted by atomic mass is 16.3. The molecule has 0 aromatic rings. The van der Waals surface area contributed by atoms with Crippen LogP contribution in [0.25, 0.3) is 0 Å². The van der Waals surface area contributed by atoms with Crippen molar-refractivity contribution in [3.63, 3.8) is 0 Å². The second-order valence-corrected chi connectivity index (χ2v) is 8.27. The van der Waals surface area contributed by atoms with Gasteiger partial charge in [0.25, 0.3) is 0 Å². The van der Waals surface area contributed by atoms with Crippen LogP contribution >= 0.6 is 0 Å². The molecular formula is C21H30O3. The Kier molecular flexibility index (Phi) is 2.22. The van der Waals surface area contributed by atoms with Crippen LogP contribution in [0.4, 0.5) is 0 Å². The van der Waals surface area contributed by atoms with Gasteiger partial charge < -0.3 is 5.11 Å². The summed E-state index contributed by atoms with van der Waals surface area (Å²) >= 11 is 0. The lowest BCUT2D eigenvalue weighted by Gasteiger charge is -2.58. The van der Waals surface area contributed by atoms with Crippen molar-refractivity contribution in [2.45, 2.75) is 65.1 Å². The maximum Gasteiger partial charge on any atom is 0.161 e. The SMILES string of the molecule is [2H]C1=C2C([2H])([2H])C[C@H]3C4CC[C@]([2H])(C(=O)C([2H])([2H])O)C4(C)CC[C@@H]3[C@@]2(C)CC([2H])([2H])C1=O. The number of rotatable bonds is 2. The Hall–Kier alpha value is -0.960. The fraction of sp³-hybridized carbons (Fsp3) is 0.810. The molecule has 6 atom stereocenters. The van der Waals surface area contributed by atoms with Crippen LogP contribution in [-0.4, -0.2) is 23.2 Å². The van der Waals surface area contributed by atoms with E-state index >= 15 is 0 Å². The summed E-state index contributed by atoms with van der Waals surface area (Å²) < 4.78 is 66.2. The van der Waals surface area contributed by atoms with Gasteiger partial charge in [0.1, 0.15) is 6.56 Å². The van der Waals surface area contributed by atoms with Crippen molar-refractivity contribution >= 4 is 11.6 Å². The molecule has 0 spiro atoms. The van der Waals surface area contributed by atoms with Crippen LogP contribution in [0.1, 0.15) is 76.1 Å². The summed E-state index contributed by atoms with van der Waals surface area (Å²) in [5.41, 5.74) is -1.92. The van der Waals surface area contributed by atoms with E-state index in [1.807, 2.05) is 0 Å². The Morgan fingerprint density at radius 1 is 1.33 bits per heavy atom. The van der Waals surface area contributed by atoms with E-state index in [2.05, 4.69) is 0 Å². The fourth-order valence-electron chi connectivity index (χ4n) is 6.05. The van der Waals surface area contributed by atoms with Crippen LogP contribution < -0.4 is 0 Å². The van der Waals surface area contributed by atoms with Gasteiger partial charge in [0.05, 0.1) is 4.11 Å². The summed E-state index contributed by atoms with van der Waals surface area (Å²) in [4.78, 5) is 25.3. The molecule has 1 N–H and O–H groups in total. The third-order valence-corrected chi connectivity index (χ3v) is 7.36. The summed E-state index contributed by atoms with van der Waals surface area (Å²) in [5.74, 6) is -4.77. The van der Waals surface area contributed by atoms with Gasteiger partial charge in [-0.15, -0.1) is 0 Å². The van der Waals surface area contributed by atoms with Gasteiger partial charge in [-0.05, 0) is 79.5 Å². The highest BCUT2D eigenvalue weighted by Gasteiger charge is 2.59. The third kappa shape index (κ3) is 2.13. The van der Waals surface area contributed by atoms with Crippen molar-refractivity contribution < 1.29 is 25.7 Å². The Morgan fingerprint density at radius 3 is 2.88 bits per heavy atom. The Labute approximate surface area is 156 Å². The first kappa shape index (κ1) is 9.66. The molecule has 4 rings (SSSR count). The average Bonchev–Trinajstić information content (AvgIpc) is 2.89. The quantitative estimate of drug-likeness (QED) is 0.835. The number of ketones is 2. The van der Waals surface area contributed by atoms with E-state index < -0.39 is 53.6 Å². The Morgan fingerprint density at radius 2 is 2.12 bits per heavy atom. The molecule has 4 aliphatic rings. The second kappa shape index (κ2) is 5.52. The maximum absolute atomic E-state index is 12.8. The minimum atomic E-state index is -3.13. The van der Waals surface area contributed by atoms with Gasteiger partial charge in [-0.1, -0.05) is 19.4 Å². The van der Waals surface area contributed by atoms with Crippen LogP contribution in [0.5, 0.6) is 0 Å². The molecule has 3 fully saturated rings. The molecule has 0 radical (unpaired) electrons. The molecule has 2 unspecified atom stereocenters. The van der Waals surface area contributed by atoms with Crippen molar-refractivity contribution in [3.05, 3.63) is 11.6 Å². The summed E-state index contributed by atoms with van der Waals surface area (Å²) in [7, 11) is 0. The van der Waals surface area contributed by atoms with Crippen LogP contribution in [0, 0.1) is 34.5 Å². The number of fused-ring (bicyclic) bond motifs is 5. The predicted molar refractivity (Wildman–Crippen MR) is 92.3 cm³/mol. The normalized spacial score (nSPS) is 60.6. The molecule has 24 heavy (non-hydrogen) atoms. The Balaban J connectivity index is 1.81. The molecule has 0 amide bonds. The van der Waals surface area contributed by atoms with E-state index in [0.29, 0.717) is 19.3 Å².